The van der Waals surface area contributed by atoms with E-state index in [1.165, 1.54) is 0 Å². The maximum absolute atomic E-state index is 9.91. The SMILES string of the molecule is Nc1ccc(NCC2(O)CCC2)c(Br)c1. The van der Waals surface area contributed by atoms with Crippen molar-refractivity contribution in [1.82, 2.24) is 0 Å². The second-order valence-electron chi connectivity index (χ2n) is 4.17. The highest BCUT2D eigenvalue weighted by molar-refractivity contribution is 9.10. The van der Waals surface area contributed by atoms with Crippen LogP contribution in [0.5, 0.6) is 0 Å². The standard InChI is InChI=1S/C11H15BrN2O/c12-9-6-8(13)2-3-10(9)14-7-11(15)4-1-5-11/h2-3,6,14-15H,1,4-5,7,13H2. The molecule has 0 radical (unpaired) electrons. The molecule has 0 atom stereocenters. The van der Waals surface area contributed by atoms with Gasteiger partial charge in [-0.3, -0.25) is 0 Å². The van der Waals surface area contributed by atoms with Crippen molar-refractivity contribution in [3.63, 3.8) is 0 Å². The molecule has 0 amide bonds. The Morgan fingerprint density at radius 3 is 2.73 bits per heavy atom. The summed E-state index contributed by atoms with van der Waals surface area (Å²) in [4.78, 5) is 0. The van der Waals surface area contributed by atoms with Crippen LogP contribution in [0.3, 0.4) is 0 Å². The van der Waals surface area contributed by atoms with Gasteiger partial charge in [0.05, 0.1) is 5.60 Å². The van der Waals surface area contributed by atoms with Gasteiger partial charge in [-0.15, -0.1) is 0 Å². The molecule has 1 aliphatic rings. The van der Waals surface area contributed by atoms with Crippen LogP contribution in [0.15, 0.2) is 22.7 Å². The number of rotatable bonds is 3. The lowest BCUT2D eigenvalue weighted by Crippen LogP contribution is -2.43. The van der Waals surface area contributed by atoms with Crippen LogP contribution in [-0.2, 0) is 0 Å². The maximum atomic E-state index is 9.91. The van der Waals surface area contributed by atoms with Crippen LogP contribution in [0, 0.1) is 0 Å². The van der Waals surface area contributed by atoms with E-state index < -0.39 is 5.60 Å². The van der Waals surface area contributed by atoms with Crippen molar-refractivity contribution in [2.75, 3.05) is 17.6 Å². The van der Waals surface area contributed by atoms with Crippen molar-refractivity contribution in [3.8, 4) is 0 Å². The summed E-state index contributed by atoms with van der Waals surface area (Å²) in [6, 6.07) is 5.62. The molecule has 0 bridgehead atoms. The van der Waals surface area contributed by atoms with Gasteiger partial charge in [-0.2, -0.15) is 0 Å². The molecule has 0 aliphatic heterocycles. The fourth-order valence-corrected chi connectivity index (χ4v) is 2.23. The molecule has 1 aliphatic carbocycles. The number of aliphatic hydroxyl groups is 1. The van der Waals surface area contributed by atoms with Crippen molar-refractivity contribution >= 4 is 27.3 Å². The van der Waals surface area contributed by atoms with Crippen molar-refractivity contribution in [3.05, 3.63) is 22.7 Å². The zero-order valence-corrected chi connectivity index (χ0v) is 10.0. The van der Waals surface area contributed by atoms with Crippen molar-refractivity contribution in [1.29, 1.82) is 0 Å². The van der Waals surface area contributed by atoms with Gasteiger partial charge < -0.3 is 16.2 Å². The van der Waals surface area contributed by atoms with E-state index in [-0.39, 0.29) is 0 Å². The minimum Gasteiger partial charge on any atom is -0.399 e. The Morgan fingerprint density at radius 2 is 2.20 bits per heavy atom. The third-order valence-corrected chi connectivity index (χ3v) is 3.54. The van der Waals surface area contributed by atoms with E-state index in [1.807, 2.05) is 18.2 Å². The van der Waals surface area contributed by atoms with Crippen LogP contribution < -0.4 is 11.1 Å². The van der Waals surface area contributed by atoms with Crippen molar-refractivity contribution < 1.29 is 5.11 Å². The fourth-order valence-electron chi connectivity index (χ4n) is 1.70. The average molecular weight is 271 g/mol. The molecule has 1 saturated carbocycles. The highest BCUT2D eigenvalue weighted by atomic mass is 79.9. The molecule has 3 nitrogen and oxygen atoms in total. The van der Waals surface area contributed by atoms with Crippen LogP contribution >= 0.6 is 15.9 Å². The largest absolute Gasteiger partial charge is 0.399 e. The molecule has 0 aromatic heterocycles. The lowest BCUT2D eigenvalue weighted by Gasteiger charge is -2.37. The number of nitrogens with two attached hydrogens (primary N) is 1. The van der Waals surface area contributed by atoms with Crippen LogP contribution in [0.25, 0.3) is 0 Å². The third-order valence-electron chi connectivity index (χ3n) is 2.89. The Morgan fingerprint density at radius 1 is 1.47 bits per heavy atom. The summed E-state index contributed by atoms with van der Waals surface area (Å²) < 4.78 is 0.936. The average Bonchev–Trinajstić information content (AvgIpc) is 2.14. The molecule has 0 unspecified atom stereocenters. The van der Waals surface area contributed by atoms with Gasteiger partial charge in [0.2, 0.25) is 0 Å². The van der Waals surface area contributed by atoms with Gasteiger partial charge in [0.25, 0.3) is 0 Å². The van der Waals surface area contributed by atoms with Gasteiger partial charge in [0, 0.05) is 22.4 Å². The van der Waals surface area contributed by atoms with Crippen LogP contribution in [-0.4, -0.2) is 17.3 Å². The zero-order valence-electron chi connectivity index (χ0n) is 8.46. The number of nitrogens with one attached hydrogen (secondary N) is 1. The highest BCUT2D eigenvalue weighted by Gasteiger charge is 2.33. The summed E-state index contributed by atoms with van der Waals surface area (Å²) in [7, 11) is 0. The molecule has 15 heavy (non-hydrogen) atoms. The molecule has 1 fully saturated rings. The normalized spacial score (nSPS) is 18.3. The van der Waals surface area contributed by atoms with E-state index in [9.17, 15) is 5.11 Å². The zero-order chi connectivity index (χ0) is 10.9. The first-order valence-corrected chi connectivity index (χ1v) is 5.90. The van der Waals surface area contributed by atoms with E-state index in [0.29, 0.717) is 6.54 Å². The van der Waals surface area contributed by atoms with E-state index >= 15 is 0 Å². The summed E-state index contributed by atoms with van der Waals surface area (Å²) in [5.41, 5.74) is 6.85. The van der Waals surface area contributed by atoms with Crippen LogP contribution in [0.4, 0.5) is 11.4 Å². The van der Waals surface area contributed by atoms with Crippen LogP contribution in [0.1, 0.15) is 19.3 Å². The third kappa shape index (κ3) is 2.44. The predicted molar refractivity (Wildman–Crippen MR) is 65.8 cm³/mol. The molecule has 0 spiro atoms. The minimum atomic E-state index is -0.499. The Hall–Kier alpha value is -0.740. The van der Waals surface area contributed by atoms with Gasteiger partial charge in [0.1, 0.15) is 0 Å². The second kappa shape index (κ2) is 4.02. The molecule has 2 rings (SSSR count). The molecule has 4 heteroatoms. The molecular formula is C11H15BrN2O. The Labute approximate surface area is 97.8 Å². The van der Waals surface area contributed by atoms with Crippen LogP contribution in [0.2, 0.25) is 0 Å². The van der Waals surface area contributed by atoms with Gasteiger partial charge >= 0.3 is 0 Å². The quantitative estimate of drug-likeness (QED) is 0.740. The van der Waals surface area contributed by atoms with E-state index in [0.717, 1.165) is 35.1 Å². The molecule has 4 N–H and O–H groups in total. The van der Waals surface area contributed by atoms with Crippen molar-refractivity contribution in [2.45, 2.75) is 24.9 Å². The number of hydrogen-bond acceptors (Lipinski definition) is 3. The molecule has 1 aromatic rings. The van der Waals surface area contributed by atoms with Crippen molar-refractivity contribution in [2.24, 2.45) is 0 Å². The number of nitrogen functional groups attached to an aromatic ring is 1. The predicted octanol–water partition coefficient (Wildman–Crippen LogP) is 2.36. The van der Waals surface area contributed by atoms with E-state index in [1.54, 1.807) is 0 Å². The fraction of sp³-hybridized carbons (Fsp3) is 0.455. The first kappa shape index (κ1) is 10.8. The maximum Gasteiger partial charge on any atom is 0.0819 e. The molecule has 0 heterocycles. The first-order chi connectivity index (χ1) is 7.09. The van der Waals surface area contributed by atoms with Gasteiger partial charge in [0.15, 0.2) is 0 Å². The summed E-state index contributed by atoms with van der Waals surface area (Å²) in [5, 5.41) is 13.1. The smallest absolute Gasteiger partial charge is 0.0819 e. The Balaban J connectivity index is 1.98. The lowest BCUT2D eigenvalue weighted by atomic mass is 9.80. The second-order valence-corrected chi connectivity index (χ2v) is 5.03. The number of anilines is 2. The Kier molecular flexibility index (Phi) is 2.89. The number of benzene rings is 1. The van der Waals surface area contributed by atoms with Gasteiger partial charge in [-0.05, 0) is 53.4 Å². The number of hydrogen-bond donors (Lipinski definition) is 3. The first-order valence-electron chi connectivity index (χ1n) is 5.10. The molecule has 1 aromatic carbocycles. The summed E-state index contributed by atoms with van der Waals surface area (Å²) in [6.07, 6.45) is 2.92. The van der Waals surface area contributed by atoms with Gasteiger partial charge in [-0.1, -0.05) is 0 Å². The lowest BCUT2D eigenvalue weighted by molar-refractivity contribution is -0.0202. The Bertz CT molecular complexity index is 364. The molecule has 0 saturated heterocycles. The molecular weight excluding hydrogens is 256 g/mol. The summed E-state index contributed by atoms with van der Waals surface area (Å²) in [6.45, 7) is 0.607. The van der Waals surface area contributed by atoms with E-state index in [4.69, 9.17) is 5.73 Å². The summed E-state index contributed by atoms with van der Waals surface area (Å²) >= 11 is 3.43. The van der Waals surface area contributed by atoms with Gasteiger partial charge in [-0.25, -0.2) is 0 Å². The van der Waals surface area contributed by atoms with E-state index in [2.05, 4.69) is 21.2 Å². The molecule has 82 valence electrons. The minimum absolute atomic E-state index is 0.499. The highest BCUT2D eigenvalue weighted by Crippen LogP contribution is 2.32. The summed E-state index contributed by atoms with van der Waals surface area (Å²) in [5.74, 6) is 0. The number of halogens is 1. The topological polar surface area (TPSA) is 58.3 Å². The monoisotopic (exact) mass is 270 g/mol.